The molecule has 7 heteroatoms. The lowest BCUT2D eigenvalue weighted by Gasteiger charge is -2.09. The molecular formula is C31H30N2O4S. The summed E-state index contributed by atoms with van der Waals surface area (Å²) in [6, 6.07) is 30.8. The van der Waals surface area contributed by atoms with Crippen LogP contribution in [-0.2, 0) is 9.53 Å². The summed E-state index contributed by atoms with van der Waals surface area (Å²) in [6.45, 7) is 7.29. The van der Waals surface area contributed by atoms with Crippen LogP contribution in [0, 0.1) is 0 Å². The number of anilines is 1. The van der Waals surface area contributed by atoms with Gasteiger partial charge in [-0.1, -0.05) is 11.8 Å². The summed E-state index contributed by atoms with van der Waals surface area (Å²) in [6.07, 6.45) is 0.100. The summed E-state index contributed by atoms with van der Waals surface area (Å²) in [5.41, 5.74) is 1.55. The monoisotopic (exact) mass is 526 g/mol. The lowest BCUT2D eigenvalue weighted by molar-refractivity contribution is -0.114. The fraction of sp³-hybridized carbons (Fsp3) is 0.161. The average molecular weight is 527 g/mol. The molecule has 194 valence electrons. The van der Waals surface area contributed by atoms with E-state index in [0.717, 1.165) is 38.4 Å². The quantitative estimate of drug-likeness (QED) is 0.174. The van der Waals surface area contributed by atoms with Crippen LogP contribution in [0.15, 0.2) is 112 Å². The Morgan fingerprint density at radius 1 is 0.684 bits per heavy atom. The third-order valence-corrected chi connectivity index (χ3v) is 6.07. The topological polar surface area (TPSA) is 69.2 Å². The number of ether oxygens (including phenoxy) is 3. The normalized spacial score (nSPS) is 11.2. The van der Waals surface area contributed by atoms with Crippen molar-refractivity contribution in [1.29, 1.82) is 0 Å². The van der Waals surface area contributed by atoms with Gasteiger partial charge in [-0.05, 0) is 111 Å². The van der Waals surface area contributed by atoms with E-state index in [1.807, 2.05) is 118 Å². The summed E-state index contributed by atoms with van der Waals surface area (Å²) >= 11 is 1.66. The first-order chi connectivity index (χ1) is 18.3. The van der Waals surface area contributed by atoms with Gasteiger partial charge in [0.15, 0.2) is 5.90 Å². The van der Waals surface area contributed by atoms with E-state index < -0.39 is 0 Å². The molecule has 0 saturated heterocycles. The third-order valence-electron chi connectivity index (χ3n) is 5.06. The molecule has 1 amide bonds. The minimum Gasteiger partial charge on any atom is -0.478 e. The predicted molar refractivity (Wildman–Crippen MR) is 153 cm³/mol. The van der Waals surface area contributed by atoms with Crippen molar-refractivity contribution in [3.63, 3.8) is 0 Å². The van der Waals surface area contributed by atoms with Crippen LogP contribution >= 0.6 is 11.8 Å². The molecule has 0 spiro atoms. The number of carbonyl (C=O) groups is 1. The van der Waals surface area contributed by atoms with Gasteiger partial charge in [0, 0.05) is 29.3 Å². The second kappa shape index (κ2) is 12.8. The fourth-order valence-corrected chi connectivity index (χ4v) is 4.32. The standard InChI is InChI=1S/C31H30N2O4S/c1-21(2)35-23(4)33-25-7-11-27(12-8-25)37-29-15-19-31(20-16-29)38-30-17-13-28(14-18-30)36-26-9-5-24(6-10-26)32-22(3)34/h5-21H,1-4H3,(H,32,34)/b33-23-. The van der Waals surface area contributed by atoms with Crippen molar-refractivity contribution < 1.29 is 19.0 Å². The number of nitrogens with one attached hydrogen (secondary N) is 1. The van der Waals surface area contributed by atoms with Gasteiger partial charge < -0.3 is 19.5 Å². The van der Waals surface area contributed by atoms with Gasteiger partial charge >= 0.3 is 0 Å². The van der Waals surface area contributed by atoms with E-state index in [2.05, 4.69) is 10.3 Å². The lowest BCUT2D eigenvalue weighted by atomic mass is 10.3. The van der Waals surface area contributed by atoms with Crippen molar-refractivity contribution in [3.05, 3.63) is 97.1 Å². The first-order valence-corrected chi connectivity index (χ1v) is 13.1. The van der Waals surface area contributed by atoms with Crippen LogP contribution in [0.4, 0.5) is 11.4 Å². The van der Waals surface area contributed by atoms with Gasteiger partial charge in [0.1, 0.15) is 23.0 Å². The maximum atomic E-state index is 11.1. The molecule has 0 radical (unpaired) electrons. The first kappa shape index (κ1) is 26.8. The highest BCUT2D eigenvalue weighted by Crippen LogP contribution is 2.32. The van der Waals surface area contributed by atoms with Crippen molar-refractivity contribution in [2.45, 2.75) is 43.6 Å². The van der Waals surface area contributed by atoms with Crippen LogP contribution in [0.25, 0.3) is 0 Å². The van der Waals surface area contributed by atoms with Crippen molar-refractivity contribution in [2.24, 2.45) is 4.99 Å². The molecule has 0 aliphatic carbocycles. The minimum absolute atomic E-state index is 0.100. The Kier molecular flexibility index (Phi) is 9.06. The van der Waals surface area contributed by atoms with Crippen molar-refractivity contribution >= 4 is 34.9 Å². The molecule has 0 bridgehead atoms. The molecule has 4 aromatic rings. The van der Waals surface area contributed by atoms with Gasteiger partial charge in [-0.25, -0.2) is 4.99 Å². The Morgan fingerprint density at radius 3 is 1.53 bits per heavy atom. The van der Waals surface area contributed by atoms with E-state index in [0.29, 0.717) is 11.6 Å². The number of amides is 1. The number of carbonyl (C=O) groups excluding carboxylic acids is 1. The minimum atomic E-state index is -0.103. The Bertz CT molecular complexity index is 1370. The van der Waals surface area contributed by atoms with Crippen molar-refractivity contribution in [3.8, 4) is 23.0 Å². The Morgan fingerprint density at radius 2 is 1.11 bits per heavy atom. The molecule has 1 N–H and O–H groups in total. The Hall–Kier alpha value is -4.23. The molecule has 0 saturated carbocycles. The van der Waals surface area contributed by atoms with Crippen LogP contribution in [-0.4, -0.2) is 17.9 Å². The lowest BCUT2D eigenvalue weighted by Crippen LogP contribution is -2.07. The van der Waals surface area contributed by atoms with E-state index in [4.69, 9.17) is 14.2 Å². The van der Waals surface area contributed by atoms with Crippen molar-refractivity contribution in [2.75, 3.05) is 5.32 Å². The highest BCUT2D eigenvalue weighted by atomic mass is 32.2. The molecule has 4 aromatic carbocycles. The van der Waals surface area contributed by atoms with Gasteiger partial charge in [0.05, 0.1) is 11.8 Å². The molecule has 0 heterocycles. The second-order valence-corrected chi connectivity index (χ2v) is 9.89. The van der Waals surface area contributed by atoms with Crippen molar-refractivity contribution in [1.82, 2.24) is 0 Å². The van der Waals surface area contributed by atoms with Crippen LogP contribution in [0.3, 0.4) is 0 Å². The fourth-order valence-electron chi connectivity index (χ4n) is 3.51. The Balaban J connectivity index is 1.29. The molecule has 4 rings (SSSR count). The number of rotatable bonds is 9. The summed E-state index contributed by atoms with van der Waals surface area (Å²) in [5.74, 6) is 3.48. The Labute approximate surface area is 227 Å². The summed E-state index contributed by atoms with van der Waals surface area (Å²) in [7, 11) is 0. The average Bonchev–Trinajstić information content (AvgIpc) is 2.88. The number of hydrogen-bond acceptors (Lipinski definition) is 6. The van der Waals surface area contributed by atoms with Gasteiger partial charge in [-0.15, -0.1) is 0 Å². The van der Waals surface area contributed by atoms with Crippen LogP contribution in [0.5, 0.6) is 23.0 Å². The maximum absolute atomic E-state index is 11.1. The van der Waals surface area contributed by atoms with Gasteiger partial charge in [0.2, 0.25) is 5.91 Å². The van der Waals surface area contributed by atoms with Gasteiger partial charge in [-0.3, -0.25) is 4.79 Å². The molecule has 0 fully saturated rings. The van der Waals surface area contributed by atoms with Crippen LogP contribution in [0.2, 0.25) is 0 Å². The van der Waals surface area contributed by atoms with Crippen LogP contribution in [0.1, 0.15) is 27.7 Å². The van der Waals surface area contributed by atoms with Crippen LogP contribution < -0.4 is 14.8 Å². The molecule has 6 nitrogen and oxygen atoms in total. The molecule has 0 unspecified atom stereocenters. The van der Waals surface area contributed by atoms with E-state index >= 15 is 0 Å². The predicted octanol–water partition coefficient (Wildman–Crippen LogP) is 8.86. The smallest absolute Gasteiger partial charge is 0.221 e. The first-order valence-electron chi connectivity index (χ1n) is 12.3. The summed E-state index contributed by atoms with van der Waals surface area (Å²) < 4.78 is 17.5. The zero-order valence-electron chi connectivity index (χ0n) is 21.8. The SMILES string of the molecule is CC(=O)Nc1ccc(Oc2ccc(Sc3ccc(Oc4ccc(/N=C(/C)OC(C)C)cc4)cc3)cc2)cc1. The van der Waals surface area contributed by atoms with E-state index in [1.54, 1.807) is 11.8 Å². The third kappa shape index (κ3) is 8.42. The second-order valence-electron chi connectivity index (χ2n) is 8.75. The summed E-state index contributed by atoms with van der Waals surface area (Å²) in [4.78, 5) is 17.8. The summed E-state index contributed by atoms with van der Waals surface area (Å²) in [5, 5.41) is 2.74. The van der Waals surface area contributed by atoms with Gasteiger partial charge in [0.25, 0.3) is 0 Å². The van der Waals surface area contributed by atoms with E-state index in [-0.39, 0.29) is 12.0 Å². The number of hydrogen-bond donors (Lipinski definition) is 1. The maximum Gasteiger partial charge on any atom is 0.221 e. The molecule has 0 aliphatic heterocycles. The largest absolute Gasteiger partial charge is 0.478 e. The zero-order valence-corrected chi connectivity index (χ0v) is 22.6. The molecule has 0 aromatic heterocycles. The number of nitrogens with zero attached hydrogens (tertiary/aromatic N) is 1. The van der Waals surface area contributed by atoms with E-state index in [9.17, 15) is 4.79 Å². The molecule has 0 atom stereocenters. The molecule has 0 aliphatic rings. The van der Waals surface area contributed by atoms with Gasteiger partial charge in [-0.2, -0.15) is 0 Å². The number of benzene rings is 4. The highest BCUT2D eigenvalue weighted by molar-refractivity contribution is 7.99. The highest BCUT2D eigenvalue weighted by Gasteiger charge is 2.04. The number of aliphatic imine (C=N–C) groups is 1. The van der Waals surface area contributed by atoms with E-state index in [1.165, 1.54) is 6.92 Å². The molecular weight excluding hydrogens is 496 g/mol. The molecule has 38 heavy (non-hydrogen) atoms. The zero-order chi connectivity index (χ0) is 26.9.